The SMILES string of the molecule is C=C(C)C(=O)OC(CCCCCCCCCCCCCCCCCCC)OC(=O)C(=C)C. The highest BCUT2D eigenvalue weighted by Gasteiger charge is 2.19. The fourth-order valence-electron chi connectivity index (χ4n) is 3.62. The molecule has 0 aromatic heterocycles. The summed E-state index contributed by atoms with van der Waals surface area (Å²) in [6.07, 6.45) is 21.9. The molecule has 32 heavy (non-hydrogen) atoms. The molecule has 186 valence electrons. The van der Waals surface area contributed by atoms with Gasteiger partial charge in [-0.05, 0) is 20.3 Å². The Morgan fingerprint density at radius 3 is 1.12 bits per heavy atom. The lowest BCUT2D eigenvalue weighted by molar-refractivity contribution is -0.183. The van der Waals surface area contributed by atoms with Gasteiger partial charge in [-0.25, -0.2) is 9.59 Å². The van der Waals surface area contributed by atoms with E-state index in [9.17, 15) is 9.59 Å². The predicted molar refractivity (Wildman–Crippen MR) is 134 cm³/mol. The molecule has 4 nitrogen and oxygen atoms in total. The van der Waals surface area contributed by atoms with Crippen molar-refractivity contribution in [3.05, 3.63) is 24.3 Å². The molecule has 0 aromatic carbocycles. The van der Waals surface area contributed by atoms with Gasteiger partial charge >= 0.3 is 11.9 Å². The molecule has 0 atom stereocenters. The van der Waals surface area contributed by atoms with E-state index in [0.717, 1.165) is 19.3 Å². The van der Waals surface area contributed by atoms with Crippen LogP contribution in [0.25, 0.3) is 0 Å². The second kappa shape index (κ2) is 21.3. The first-order valence-electron chi connectivity index (χ1n) is 13.1. The maximum Gasteiger partial charge on any atom is 0.336 e. The van der Waals surface area contributed by atoms with Gasteiger partial charge in [0.15, 0.2) is 0 Å². The summed E-state index contributed by atoms with van der Waals surface area (Å²) < 4.78 is 10.5. The van der Waals surface area contributed by atoms with Crippen molar-refractivity contribution >= 4 is 11.9 Å². The molecule has 0 spiro atoms. The van der Waals surface area contributed by atoms with Crippen molar-refractivity contribution in [2.45, 2.75) is 143 Å². The molecule has 0 rings (SSSR count). The van der Waals surface area contributed by atoms with Gasteiger partial charge in [-0.1, -0.05) is 123 Å². The topological polar surface area (TPSA) is 52.6 Å². The lowest BCUT2D eigenvalue weighted by atomic mass is 10.0. The maximum atomic E-state index is 11.8. The van der Waals surface area contributed by atoms with Crippen molar-refractivity contribution in [2.24, 2.45) is 0 Å². The first-order valence-corrected chi connectivity index (χ1v) is 13.1. The molecule has 0 unspecified atom stereocenters. The van der Waals surface area contributed by atoms with Gasteiger partial charge in [0.2, 0.25) is 6.29 Å². The van der Waals surface area contributed by atoms with Crippen molar-refractivity contribution in [1.29, 1.82) is 0 Å². The average Bonchev–Trinajstić information content (AvgIpc) is 2.75. The summed E-state index contributed by atoms with van der Waals surface area (Å²) in [5.74, 6) is -1.06. The van der Waals surface area contributed by atoms with Crippen molar-refractivity contribution < 1.29 is 19.1 Å². The molecule has 0 aliphatic carbocycles. The van der Waals surface area contributed by atoms with Gasteiger partial charge in [-0.15, -0.1) is 0 Å². The summed E-state index contributed by atoms with van der Waals surface area (Å²) in [4.78, 5) is 23.5. The molecule has 0 heterocycles. The molecule has 0 fully saturated rings. The number of rotatable bonds is 22. The van der Waals surface area contributed by atoms with Gasteiger partial charge in [-0.2, -0.15) is 0 Å². The quantitative estimate of drug-likeness (QED) is 0.0717. The molecule has 0 N–H and O–H groups in total. The van der Waals surface area contributed by atoms with Gasteiger partial charge in [-0.3, -0.25) is 0 Å². The Kier molecular flexibility index (Phi) is 20.2. The van der Waals surface area contributed by atoms with E-state index in [2.05, 4.69) is 20.1 Å². The third-order valence-corrected chi connectivity index (χ3v) is 5.72. The number of esters is 2. The minimum atomic E-state index is -0.861. The average molecular weight is 451 g/mol. The Morgan fingerprint density at radius 1 is 0.562 bits per heavy atom. The van der Waals surface area contributed by atoms with Crippen molar-refractivity contribution in [3.63, 3.8) is 0 Å². The van der Waals surface area contributed by atoms with E-state index in [1.54, 1.807) is 13.8 Å². The number of hydrogen-bond acceptors (Lipinski definition) is 4. The maximum absolute atomic E-state index is 11.8. The summed E-state index contributed by atoms with van der Waals surface area (Å²) >= 11 is 0. The monoisotopic (exact) mass is 450 g/mol. The highest BCUT2D eigenvalue weighted by molar-refractivity contribution is 5.88. The molecule has 0 aromatic rings. The largest absolute Gasteiger partial charge is 0.422 e. The molecule has 4 heteroatoms. The fraction of sp³-hybridized carbons (Fsp3) is 0.786. The van der Waals surface area contributed by atoms with Crippen molar-refractivity contribution in [3.8, 4) is 0 Å². The number of unbranched alkanes of at least 4 members (excludes halogenated alkanes) is 16. The summed E-state index contributed by atoms with van der Waals surface area (Å²) in [7, 11) is 0. The Morgan fingerprint density at radius 2 is 0.844 bits per heavy atom. The second-order valence-corrected chi connectivity index (χ2v) is 9.25. The van der Waals surface area contributed by atoms with E-state index in [-0.39, 0.29) is 0 Å². The third-order valence-electron chi connectivity index (χ3n) is 5.72. The van der Waals surface area contributed by atoms with Gasteiger partial charge in [0, 0.05) is 17.6 Å². The molecular weight excluding hydrogens is 400 g/mol. The number of carbonyl (C=O) groups is 2. The van der Waals surface area contributed by atoms with E-state index in [0.29, 0.717) is 17.6 Å². The first kappa shape index (κ1) is 30.4. The van der Waals surface area contributed by atoms with Crippen LogP contribution in [-0.2, 0) is 19.1 Å². The van der Waals surface area contributed by atoms with Crippen LogP contribution in [0, 0.1) is 0 Å². The smallest absolute Gasteiger partial charge is 0.336 e. The Hall–Kier alpha value is -1.58. The summed E-state index contributed by atoms with van der Waals surface area (Å²) in [5.41, 5.74) is 0.590. The highest BCUT2D eigenvalue weighted by Crippen LogP contribution is 2.16. The van der Waals surface area contributed by atoms with Crippen LogP contribution in [0.3, 0.4) is 0 Å². The van der Waals surface area contributed by atoms with Crippen LogP contribution >= 0.6 is 0 Å². The second-order valence-electron chi connectivity index (χ2n) is 9.25. The Balaban J connectivity index is 3.64. The van der Waals surface area contributed by atoms with E-state index in [4.69, 9.17) is 9.47 Å². The van der Waals surface area contributed by atoms with Gasteiger partial charge < -0.3 is 9.47 Å². The fourth-order valence-corrected chi connectivity index (χ4v) is 3.62. The normalized spacial score (nSPS) is 10.9. The van der Waals surface area contributed by atoms with Crippen LogP contribution in [0.2, 0.25) is 0 Å². The zero-order valence-electron chi connectivity index (χ0n) is 21.4. The summed E-state index contributed by atoms with van der Waals surface area (Å²) in [5, 5.41) is 0. The molecule has 0 amide bonds. The lowest BCUT2D eigenvalue weighted by Crippen LogP contribution is -2.25. The molecule has 0 aliphatic heterocycles. The van der Waals surface area contributed by atoms with Crippen LogP contribution < -0.4 is 0 Å². The molecule has 0 bridgehead atoms. The molecular formula is C28H50O4. The highest BCUT2D eigenvalue weighted by atomic mass is 16.7. The Bertz CT molecular complexity index is 496. The zero-order valence-corrected chi connectivity index (χ0v) is 21.4. The van der Waals surface area contributed by atoms with E-state index >= 15 is 0 Å². The standard InChI is InChI=1S/C28H50O4/c1-6-7-8-9-10-11-12-13-14-15-16-17-18-19-20-21-22-23-26(31-27(29)24(2)3)32-28(30)25(4)5/h26H,2,4,6-23H2,1,3,5H3. The van der Waals surface area contributed by atoms with Crippen LogP contribution in [0.4, 0.5) is 0 Å². The molecule has 0 radical (unpaired) electrons. The van der Waals surface area contributed by atoms with Crippen molar-refractivity contribution in [2.75, 3.05) is 0 Å². The minimum Gasteiger partial charge on any atom is -0.422 e. The predicted octanol–water partition coefficient (Wildman–Crippen LogP) is 8.59. The lowest BCUT2D eigenvalue weighted by Gasteiger charge is -2.18. The van der Waals surface area contributed by atoms with Crippen LogP contribution in [0.1, 0.15) is 136 Å². The summed E-state index contributed by atoms with van der Waals surface area (Å²) in [6.45, 7) is 12.6. The van der Waals surface area contributed by atoms with Gasteiger partial charge in [0.25, 0.3) is 0 Å². The summed E-state index contributed by atoms with van der Waals surface area (Å²) in [6, 6.07) is 0. The van der Waals surface area contributed by atoms with Crippen LogP contribution in [-0.4, -0.2) is 18.2 Å². The zero-order chi connectivity index (χ0) is 24.0. The molecule has 0 aliphatic rings. The van der Waals surface area contributed by atoms with E-state index < -0.39 is 18.2 Å². The molecule has 0 saturated heterocycles. The minimum absolute atomic E-state index is 0.295. The number of carbonyl (C=O) groups excluding carboxylic acids is 2. The van der Waals surface area contributed by atoms with Gasteiger partial charge in [0.1, 0.15) is 0 Å². The van der Waals surface area contributed by atoms with Crippen LogP contribution in [0.5, 0.6) is 0 Å². The van der Waals surface area contributed by atoms with E-state index in [1.807, 2.05) is 0 Å². The first-order chi connectivity index (χ1) is 15.4. The van der Waals surface area contributed by atoms with Gasteiger partial charge in [0.05, 0.1) is 0 Å². The Labute approximate surface area is 198 Å². The molecule has 0 saturated carbocycles. The van der Waals surface area contributed by atoms with Crippen LogP contribution in [0.15, 0.2) is 24.3 Å². The number of hydrogen-bond donors (Lipinski definition) is 0. The van der Waals surface area contributed by atoms with Crippen molar-refractivity contribution in [1.82, 2.24) is 0 Å². The number of ether oxygens (including phenoxy) is 2. The van der Waals surface area contributed by atoms with E-state index in [1.165, 1.54) is 89.9 Å². The third kappa shape index (κ3) is 19.1.